The Morgan fingerprint density at radius 3 is 1.23 bits per heavy atom. The Kier molecular flexibility index (Phi) is 22.2. The van der Waals surface area contributed by atoms with Crippen LogP contribution in [0.25, 0.3) is 0 Å². The van der Waals surface area contributed by atoms with Crippen molar-refractivity contribution < 1.29 is 63.0 Å². The minimum absolute atomic E-state index is 0.0160. The summed E-state index contributed by atoms with van der Waals surface area (Å²) < 4.78 is 28.8. The van der Waals surface area contributed by atoms with Crippen LogP contribution in [0.5, 0.6) is 34.5 Å². The molecule has 21 heteroatoms. The van der Waals surface area contributed by atoms with Crippen molar-refractivity contribution in [1.82, 2.24) is 14.7 Å². The van der Waals surface area contributed by atoms with E-state index in [4.69, 9.17) is 33.9 Å². The van der Waals surface area contributed by atoms with Gasteiger partial charge in [-0.2, -0.15) is 0 Å². The van der Waals surface area contributed by atoms with Gasteiger partial charge < -0.3 is 53.7 Å². The zero-order chi connectivity index (χ0) is 58.3. The van der Waals surface area contributed by atoms with Gasteiger partial charge in [0.05, 0.1) is 86.4 Å². The van der Waals surface area contributed by atoms with Crippen molar-refractivity contribution in [2.45, 2.75) is 89.8 Å². The second-order valence-electron chi connectivity index (χ2n) is 20.6. The number of methoxy groups -OCH3 is 3. The maximum Gasteiger partial charge on any atom is 0.257 e. The normalized spacial score (nSPS) is 18.4. The van der Waals surface area contributed by atoms with Crippen molar-refractivity contribution in [3.8, 4) is 34.5 Å². The van der Waals surface area contributed by atoms with Crippen LogP contribution in [0.15, 0.2) is 87.8 Å². The minimum Gasteiger partial charge on any atom is -0.504 e. The number of ether oxygens (including phenoxy) is 5. The molecule has 0 unspecified atom stereocenters. The lowest BCUT2D eigenvalue weighted by atomic mass is 9.99. The first-order valence-corrected chi connectivity index (χ1v) is 29.1. The first-order valence-electron chi connectivity index (χ1n) is 27.1. The molecule has 0 radical (unpaired) electrons. The molecule has 0 bridgehead atoms. The van der Waals surface area contributed by atoms with E-state index in [9.17, 15) is 29.1 Å². The maximum atomic E-state index is 13.3. The lowest BCUT2D eigenvalue weighted by molar-refractivity contribution is -0.109. The second kappa shape index (κ2) is 29.2. The Balaban J connectivity index is 0.000000240. The van der Waals surface area contributed by atoms with Gasteiger partial charge in [-0.1, -0.05) is 60.0 Å². The number of aliphatic hydroxyl groups excluding tert-OH is 2. The SMILES string of the molecule is C=C1C[C@H]2C=Nc3cc(O)c(OC)cc3C(=O)N2C1.C=C1C[C@H]2C=Nc3cc(OCCC(CCOc4cc5c(cc4OC)C(=O)N4CC(=C)C[C@H]4C=N5)CCSC(C)=O)c(OC)cc3C(=O)N2C1.CC(=O)SCCC(CCO)CCO. The number of hydrogen-bond acceptors (Lipinski definition) is 18. The number of phenols is 1. The molecular weight excluding hydrogens is 1080 g/mol. The van der Waals surface area contributed by atoms with Crippen molar-refractivity contribution in [3.63, 3.8) is 0 Å². The van der Waals surface area contributed by atoms with Crippen molar-refractivity contribution in [2.24, 2.45) is 26.8 Å². The second-order valence-corrected chi connectivity index (χ2v) is 23.1. The monoisotopic (exact) mass is 1150 g/mol. The number of carbonyl (C=O) groups excluding carboxylic acids is 5. The average Bonchev–Trinajstić information content (AvgIpc) is 4.14. The fourth-order valence-corrected chi connectivity index (χ4v) is 11.8. The van der Waals surface area contributed by atoms with E-state index in [0.29, 0.717) is 127 Å². The number of aliphatic imine (C=N–C) groups is 3. The molecule has 0 aliphatic carbocycles. The van der Waals surface area contributed by atoms with E-state index in [2.05, 4.69) is 34.7 Å². The molecule has 3 aromatic rings. The number of aromatic hydroxyl groups is 1. The molecule has 3 atom stereocenters. The van der Waals surface area contributed by atoms with Crippen molar-refractivity contribution >= 4 is 87.2 Å². The van der Waals surface area contributed by atoms with Gasteiger partial charge in [0, 0.05) is 95.0 Å². The first kappa shape index (κ1) is 61.7. The minimum atomic E-state index is -0.102. The van der Waals surface area contributed by atoms with E-state index in [1.807, 2.05) is 12.4 Å². The van der Waals surface area contributed by atoms with Crippen LogP contribution >= 0.6 is 23.5 Å². The summed E-state index contributed by atoms with van der Waals surface area (Å²) in [5, 5.41) is 27.4. The number of aliphatic hydroxyl groups is 2. The fourth-order valence-electron chi connectivity index (χ4n) is 10.4. The fraction of sp³-hybridized carbons (Fsp3) is 0.467. The van der Waals surface area contributed by atoms with Gasteiger partial charge in [0.1, 0.15) is 0 Å². The highest BCUT2D eigenvalue weighted by atomic mass is 32.2. The third-order valence-electron chi connectivity index (χ3n) is 14.7. The summed E-state index contributed by atoms with van der Waals surface area (Å²) in [6.07, 6.45) is 12.1. The number of phenolic OH excluding ortho intramolecular Hbond substituents is 1. The Morgan fingerprint density at radius 1 is 0.543 bits per heavy atom. The van der Waals surface area contributed by atoms with Gasteiger partial charge in [-0.25, -0.2) is 0 Å². The molecule has 6 aliphatic rings. The smallest absolute Gasteiger partial charge is 0.257 e. The van der Waals surface area contributed by atoms with Gasteiger partial charge in [0.2, 0.25) is 0 Å². The molecule has 6 aliphatic heterocycles. The van der Waals surface area contributed by atoms with Crippen molar-refractivity contribution in [2.75, 3.05) is 78.9 Å². The molecule has 0 aromatic heterocycles. The lowest BCUT2D eigenvalue weighted by Crippen LogP contribution is -2.35. The molecule has 9 rings (SSSR count). The van der Waals surface area contributed by atoms with E-state index >= 15 is 0 Å². The Labute approximate surface area is 482 Å². The van der Waals surface area contributed by atoms with Crippen LogP contribution in [0.1, 0.15) is 103 Å². The summed E-state index contributed by atoms with van der Waals surface area (Å²) >= 11 is 2.61. The molecule has 3 fully saturated rings. The molecule has 19 nitrogen and oxygen atoms in total. The highest BCUT2D eigenvalue weighted by molar-refractivity contribution is 8.13. The molecule has 3 amide bonds. The molecule has 81 heavy (non-hydrogen) atoms. The highest BCUT2D eigenvalue weighted by Gasteiger charge is 2.37. The zero-order valence-corrected chi connectivity index (χ0v) is 48.5. The number of amides is 3. The number of benzene rings is 3. The molecule has 0 spiro atoms. The van der Waals surface area contributed by atoms with Crippen LogP contribution in [0, 0.1) is 11.8 Å². The molecule has 0 saturated carbocycles. The van der Waals surface area contributed by atoms with Crippen molar-refractivity contribution in [3.05, 3.63) is 89.5 Å². The van der Waals surface area contributed by atoms with Gasteiger partial charge >= 0.3 is 0 Å². The van der Waals surface area contributed by atoms with Gasteiger partial charge in [-0.3, -0.25) is 38.9 Å². The molecule has 3 saturated heterocycles. The summed E-state index contributed by atoms with van der Waals surface area (Å²) in [5.74, 6) is 3.94. The molecule has 6 heterocycles. The Hall–Kier alpha value is -6.94. The summed E-state index contributed by atoms with van der Waals surface area (Å²) in [5.41, 5.74) is 6.03. The van der Waals surface area contributed by atoms with Crippen LogP contribution in [-0.2, 0) is 9.59 Å². The van der Waals surface area contributed by atoms with Gasteiger partial charge in [-0.05, 0) is 87.8 Å². The topological polar surface area (TPSA) is 239 Å². The van der Waals surface area contributed by atoms with E-state index in [1.165, 1.54) is 42.8 Å². The lowest BCUT2D eigenvalue weighted by Gasteiger charge is -2.21. The van der Waals surface area contributed by atoms with Crippen LogP contribution in [0.3, 0.4) is 0 Å². The summed E-state index contributed by atoms with van der Waals surface area (Å²) in [4.78, 5) is 80.3. The van der Waals surface area contributed by atoms with Gasteiger partial charge in [0.25, 0.3) is 17.7 Å². The summed E-state index contributed by atoms with van der Waals surface area (Å²) in [6.45, 7) is 17.8. The Morgan fingerprint density at radius 2 is 0.889 bits per heavy atom. The standard InChI is InChI=1S/C37H42N4O7S.C14H14N2O3.C9H18O3S/c1-22-12-26-18-38-30-16-34(32(45-4)14-28(30)36(43)40(26)20-22)47-9-6-25(8-11-49-24(3)42)7-10-48-35-17-31-29(15-33(35)46-5)37(44)41-21-23(2)13-27(41)19-39-31;1-8-3-9-6-15-11-5-12(17)13(19-2)4-10(11)14(18)16(9)7-8;1-8(12)13-7-4-9(2-5-10)3-6-11/h14-19,25-27H,1-2,6-13,20-21H2,3-5H3;4-6,9,17H,1,3,7H2,2H3;9-11H,2-7H2,1H3/t26-,27-;9-;/m00./s1. The molecular formula is C60H74N6O13S2. The van der Waals surface area contributed by atoms with Crippen LogP contribution in [-0.4, -0.2) is 174 Å². The van der Waals surface area contributed by atoms with Crippen LogP contribution < -0.4 is 23.7 Å². The number of fused-ring (bicyclic) bond motifs is 6. The number of carbonyl (C=O) groups is 5. The number of hydrogen-bond donors (Lipinski definition) is 3. The molecule has 3 aromatic carbocycles. The molecule has 434 valence electrons. The summed E-state index contributed by atoms with van der Waals surface area (Å²) in [7, 11) is 4.56. The Bertz CT molecular complexity index is 2840. The highest BCUT2D eigenvalue weighted by Crippen LogP contribution is 2.42. The first-order chi connectivity index (χ1) is 38.9. The quantitative estimate of drug-likeness (QED) is 0.0843. The van der Waals surface area contributed by atoms with E-state index < -0.39 is 0 Å². The predicted molar refractivity (Wildman–Crippen MR) is 317 cm³/mol. The number of thioether (sulfide) groups is 2. The maximum absolute atomic E-state index is 13.3. The van der Waals surface area contributed by atoms with E-state index in [-0.39, 0.29) is 76.7 Å². The van der Waals surface area contributed by atoms with E-state index in [0.717, 1.165) is 54.6 Å². The third kappa shape index (κ3) is 16.0. The third-order valence-corrected chi connectivity index (χ3v) is 16.4. The average molecular weight is 1150 g/mol. The van der Waals surface area contributed by atoms with Gasteiger partial charge in [-0.15, -0.1) is 0 Å². The largest absolute Gasteiger partial charge is 0.504 e. The van der Waals surface area contributed by atoms with Crippen LogP contribution in [0.4, 0.5) is 17.1 Å². The number of nitrogens with zero attached hydrogens (tertiary/aromatic N) is 6. The zero-order valence-electron chi connectivity index (χ0n) is 46.9. The number of rotatable bonds is 21. The van der Waals surface area contributed by atoms with Gasteiger partial charge in [0.15, 0.2) is 44.7 Å². The predicted octanol–water partition coefficient (Wildman–Crippen LogP) is 9.13. The van der Waals surface area contributed by atoms with Crippen molar-refractivity contribution in [1.29, 1.82) is 0 Å². The van der Waals surface area contributed by atoms with Crippen LogP contribution in [0.2, 0.25) is 0 Å². The van der Waals surface area contributed by atoms with E-state index in [1.54, 1.807) is 73.2 Å². The summed E-state index contributed by atoms with van der Waals surface area (Å²) in [6, 6.07) is 9.69. The molecule has 3 N–H and O–H groups in total.